The highest BCUT2D eigenvalue weighted by atomic mass is 16.5. The molecule has 1 amide bonds. The highest BCUT2D eigenvalue weighted by Crippen LogP contribution is 2.33. The summed E-state index contributed by atoms with van der Waals surface area (Å²) < 4.78 is 5.88. The number of likely N-dealkylation sites (tertiary alicyclic amines) is 1. The summed E-state index contributed by atoms with van der Waals surface area (Å²) >= 11 is 0. The van der Waals surface area contributed by atoms with Crippen LogP contribution in [0.25, 0.3) is 0 Å². The van der Waals surface area contributed by atoms with Crippen LogP contribution in [0.2, 0.25) is 0 Å². The van der Waals surface area contributed by atoms with Crippen LogP contribution in [0.3, 0.4) is 0 Å². The molecule has 1 aliphatic carbocycles. The van der Waals surface area contributed by atoms with Gasteiger partial charge in [0.2, 0.25) is 5.91 Å². The van der Waals surface area contributed by atoms with Crippen LogP contribution in [-0.2, 0) is 16.0 Å². The van der Waals surface area contributed by atoms with E-state index in [1.807, 2.05) is 0 Å². The molecule has 0 radical (unpaired) electrons. The molecule has 1 aromatic carbocycles. The van der Waals surface area contributed by atoms with Gasteiger partial charge in [0.15, 0.2) is 0 Å². The Bertz CT molecular complexity index is 518. The van der Waals surface area contributed by atoms with Gasteiger partial charge in [-0.1, -0.05) is 24.3 Å². The Morgan fingerprint density at radius 2 is 1.91 bits per heavy atom. The molecule has 1 saturated heterocycles. The van der Waals surface area contributed by atoms with Crippen molar-refractivity contribution in [2.45, 2.75) is 64.1 Å². The van der Waals surface area contributed by atoms with Crippen LogP contribution in [0.4, 0.5) is 0 Å². The van der Waals surface area contributed by atoms with Crippen molar-refractivity contribution in [3.63, 3.8) is 0 Å². The van der Waals surface area contributed by atoms with Crippen molar-refractivity contribution in [2.75, 3.05) is 13.1 Å². The molecule has 3 heteroatoms. The minimum Gasteiger partial charge on any atom is -0.375 e. The first-order chi connectivity index (χ1) is 10.6. The third-order valence-corrected chi connectivity index (χ3v) is 4.89. The van der Waals surface area contributed by atoms with Crippen molar-refractivity contribution in [3.8, 4) is 0 Å². The number of benzene rings is 1. The van der Waals surface area contributed by atoms with Gasteiger partial charge in [-0.15, -0.1) is 0 Å². The summed E-state index contributed by atoms with van der Waals surface area (Å²) in [4.78, 5) is 15.0. The Morgan fingerprint density at radius 3 is 2.64 bits per heavy atom. The van der Waals surface area contributed by atoms with Crippen LogP contribution in [0.5, 0.6) is 0 Å². The SMILES string of the molecule is CC(C)OC1CCN(C(=O)C2CCCc3ccccc32)CC1. The number of carbonyl (C=O) groups excluding carboxylic acids is 1. The Kier molecular flexibility index (Phi) is 4.82. The maximum absolute atomic E-state index is 12.9. The number of rotatable bonds is 3. The van der Waals surface area contributed by atoms with E-state index in [1.54, 1.807) is 0 Å². The van der Waals surface area contributed by atoms with E-state index in [9.17, 15) is 4.79 Å². The quantitative estimate of drug-likeness (QED) is 0.855. The molecule has 22 heavy (non-hydrogen) atoms. The predicted octanol–water partition coefficient (Wildman–Crippen LogP) is 3.52. The number of hydrogen-bond donors (Lipinski definition) is 0. The van der Waals surface area contributed by atoms with Gasteiger partial charge in [-0.25, -0.2) is 0 Å². The molecular weight excluding hydrogens is 274 g/mol. The summed E-state index contributed by atoms with van der Waals surface area (Å²) in [6.07, 6.45) is 5.78. The molecule has 120 valence electrons. The lowest BCUT2D eigenvalue weighted by atomic mass is 9.82. The number of carbonyl (C=O) groups is 1. The highest BCUT2D eigenvalue weighted by molar-refractivity contribution is 5.84. The largest absolute Gasteiger partial charge is 0.375 e. The summed E-state index contributed by atoms with van der Waals surface area (Å²) in [5.74, 6) is 0.405. The Balaban J connectivity index is 1.64. The van der Waals surface area contributed by atoms with E-state index in [-0.39, 0.29) is 12.0 Å². The topological polar surface area (TPSA) is 29.5 Å². The number of ether oxygens (including phenoxy) is 1. The molecule has 1 fully saturated rings. The van der Waals surface area contributed by atoms with E-state index in [0.717, 1.165) is 45.2 Å². The molecule has 1 atom stereocenters. The minimum atomic E-state index is 0.0764. The number of aryl methyl sites for hydroxylation is 1. The van der Waals surface area contributed by atoms with E-state index in [1.165, 1.54) is 11.1 Å². The first-order valence-electron chi connectivity index (χ1n) is 8.67. The third-order valence-electron chi connectivity index (χ3n) is 4.89. The van der Waals surface area contributed by atoms with E-state index in [2.05, 4.69) is 43.0 Å². The fraction of sp³-hybridized carbons (Fsp3) is 0.632. The zero-order valence-corrected chi connectivity index (χ0v) is 13.8. The molecule has 0 spiro atoms. The van der Waals surface area contributed by atoms with Crippen molar-refractivity contribution in [1.29, 1.82) is 0 Å². The molecule has 0 saturated carbocycles. The van der Waals surface area contributed by atoms with Crippen LogP contribution in [0.15, 0.2) is 24.3 Å². The molecule has 0 aromatic heterocycles. The maximum atomic E-state index is 12.9. The molecule has 1 heterocycles. The average Bonchev–Trinajstić information content (AvgIpc) is 2.54. The first-order valence-corrected chi connectivity index (χ1v) is 8.67. The molecule has 3 rings (SSSR count). The zero-order valence-electron chi connectivity index (χ0n) is 13.8. The van der Waals surface area contributed by atoms with Crippen molar-refractivity contribution in [2.24, 2.45) is 0 Å². The second-order valence-corrected chi connectivity index (χ2v) is 6.85. The number of nitrogens with zero attached hydrogens (tertiary/aromatic N) is 1. The van der Waals surface area contributed by atoms with Crippen LogP contribution in [0, 0.1) is 0 Å². The fourth-order valence-electron chi connectivity index (χ4n) is 3.83. The van der Waals surface area contributed by atoms with E-state index in [0.29, 0.717) is 12.0 Å². The summed E-state index contributed by atoms with van der Waals surface area (Å²) in [5, 5.41) is 0. The summed E-state index contributed by atoms with van der Waals surface area (Å²) in [6.45, 7) is 5.84. The van der Waals surface area contributed by atoms with Gasteiger partial charge in [0.05, 0.1) is 18.1 Å². The predicted molar refractivity (Wildman–Crippen MR) is 87.9 cm³/mol. The molecule has 1 aromatic rings. The number of piperidine rings is 1. The second-order valence-electron chi connectivity index (χ2n) is 6.85. The Labute approximate surface area is 133 Å². The first kappa shape index (κ1) is 15.5. The number of hydrogen-bond acceptors (Lipinski definition) is 2. The van der Waals surface area contributed by atoms with Gasteiger partial charge in [-0.3, -0.25) is 4.79 Å². The van der Waals surface area contributed by atoms with Crippen molar-refractivity contribution in [3.05, 3.63) is 35.4 Å². The molecule has 1 unspecified atom stereocenters. The smallest absolute Gasteiger partial charge is 0.230 e. The monoisotopic (exact) mass is 301 g/mol. The number of amides is 1. The molecule has 3 nitrogen and oxygen atoms in total. The van der Waals surface area contributed by atoms with Gasteiger partial charge in [0.1, 0.15) is 0 Å². The molecule has 1 aliphatic heterocycles. The normalized spacial score (nSPS) is 22.7. The van der Waals surface area contributed by atoms with E-state index in [4.69, 9.17) is 4.74 Å². The molecule has 2 aliphatic rings. The van der Waals surface area contributed by atoms with Crippen LogP contribution < -0.4 is 0 Å². The molecule has 0 bridgehead atoms. The fourth-order valence-corrected chi connectivity index (χ4v) is 3.83. The van der Waals surface area contributed by atoms with Crippen LogP contribution in [0.1, 0.15) is 56.6 Å². The minimum absolute atomic E-state index is 0.0764. The third kappa shape index (κ3) is 3.35. The van der Waals surface area contributed by atoms with E-state index < -0.39 is 0 Å². The Morgan fingerprint density at radius 1 is 1.18 bits per heavy atom. The second kappa shape index (κ2) is 6.82. The zero-order chi connectivity index (χ0) is 15.5. The van der Waals surface area contributed by atoms with Gasteiger partial charge in [-0.2, -0.15) is 0 Å². The lowest BCUT2D eigenvalue weighted by Gasteiger charge is -2.36. The van der Waals surface area contributed by atoms with Gasteiger partial charge in [0.25, 0.3) is 0 Å². The maximum Gasteiger partial charge on any atom is 0.230 e. The molecular formula is C19H27NO2. The summed E-state index contributed by atoms with van der Waals surface area (Å²) in [5.41, 5.74) is 2.63. The van der Waals surface area contributed by atoms with Gasteiger partial charge in [0, 0.05) is 13.1 Å². The standard InChI is InChI=1S/C19H27NO2/c1-14(2)22-16-10-12-20(13-11-16)19(21)18-9-5-7-15-6-3-4-8-17(15)18/h3-4,6,8,14,16,18H,5,7,9-13H2,1-2H3. The summed E-state index contributed by atoms with van der Waals surface area (Å²) in [7, 11) is 0. The van der Waals surface area contributed by atoms with Gasteiger partial charge in [-0.05, 0) is 57.1 Å². The average molecular weight is 301 g/mol. The lowest BCUT2D eigenvalue weighted by molar-refractivity contribution is -0.136. The lowest BCUT2D eigenvalue weighted by Crippen LogP contribution is -2.44. The van der Waals surface area contributed by atoms with E-state index >= 15 is 0 Å². The van der Waals surface area contributed by atoms with Gasteiger partial charge < -0.3 is 9.64 Å². The number of fused-ring (bicyclic) bond motifs is 1. The van der Waals surface area contributed by atoms with Gasteiger partial charge >= 0.3 is 0 Å². The Hall–Kier alpha value is -1.35. The highest BCUT2D eigenvalue weighted by Gasteiger charge is 2.32. The van der Waals surface area contributed by atoms with Crippen LogP contribution in [-0.4, -0.2) is 36.1 Å². The van der Waals surface area contributed by atoms with Crippen molar-refractivity contribution in [1.82, 2.24) is 4.90 Å². The summed E-state index contributed by atoms with van der Waals surface area (Å²) in [6, 6.07) is 8.47. The molecule has 0 N–H and O–H groups in total. The van der Waals surface area contributed by atoms with Crippen molar-refractivity contribution < 1.29 is 9.53 Å². The van der Waals surface area contributed by atoms with Crippen molar-refractivity contribution >= 4 is 5.91 Å². The van der Waals surface area contributed by atoms with Crippen LogP contribution >= 0.6 is 0 Å².